The van der Waals surface area contributed by atoms with Gasteiger partial charge in [0, 0.05) is 17.7 Å². The Kier molecular flexibility index (Phi) is 7.30. The van der Waals surface area contributed by atoms with Gasteiger partial charge in [-0.2, -0.15) is 0 Å². The van der Waals surface area contributed by atoms with Crippen molar-refractivity contribution in [1.82, 2.24) is 5.32 Å². The molecule has 1 N–H and O–H groups in total. The molecule has 2 atom stereocenters. The van der Waals surface area contributed by atoms with Crippen molar-refractivity contribution in [2.75, 3.05) is 12.4 Å². The van der Waals surface area contributed by atoms with Gasteiger partial charge in [-0.1, -0.05) is 39.8 Å². The molecule has 148 valence electrons. The molecule has 0 saturated heterocycles. The average molecular weight is 393 g/mol. The van der Waals surface area contributed by atoms with Gasteiger partial charge in [0.25, 0.3) is 0 Å². The number of amides is 1. The van der Waals surface area contributed by atoms with E-state index in [1.165, 1.54) is 6.07 Å². The van der Waals surface area contributed by atoms with Crippen LogP contribution >= 0.6 is 11.8 Å². The van der Waals surface area contributed by atoms with Gasteiger partial charge >= 0.3 is 5.63 Å². The first-order chi connectivity index (χ1) is 12.8. The fourth-order valence-corrected chi connectivity index (χ4v) is 3.93. The first-order valence-electron chi connectivity index (χ1n) is 9.21. The highest BCUT2D eigenvalue weighted by Crippen LogP contribution is 2.32. The first kappa shape index (κ1) is 21.3. The molecule has 1 aromatic heterocycles. The molecule has 2 heterocycles. The first-order valence-corrected chi connectivity index (χ1v) is 10.2. The Hall–Kier alpha value is -2.02. The Balaban J connectivity index is 2.23. The summed E-state index contributed by atoms with van der Waals surface area (Å²) in [5.41, 5.74) is -1.32. The monoisotopic (exact) mass is 392 g/mol. The highest BCUT2D eigenvalue weighted by molar-refractivity contribution is 8.14. The Labute approximate surface area is 164 Å². The Morgan fingerprint density at radius 3 is 2.85 bits per heavy atom. The summed E-state index contributed by atoms with van der Waals surface area (Å²) in [6.07, 6.45) is 3.06. The Bertz CT molecular complexity index is 771. The molecular formula is C20H28N2O4S. The van der Waals surface area contributed by atoms with Crippen molar-refractivity contribution in [3.63, 3.8) is 0 Å². The van der Waals surface area contributed by atoms with Crippen LogP contribution in [0.4, 0.5) is 0 Å². The SMILES string of the molecule is C=CCOc1cc([C@@H](CCC)NC(=O)C2(C)CSC(C(C)C)=N2)oc(=O)c1. The van der Waals surface area contributed by atoms with Crippen molar-refractivity contribution in [3.05, 3.63) is 41.0 Å². The summed E-state index contributed by atoms with van der Waals surface area (Å²) < 4.78 is 10.8. The van der Waals surface area contributed by atoms with Crippen LogP contribution in [-0.4, -0.2) is 28.8 Å². The van der Waals surface area contributed by atoms with Gasteiger partial charge in [0.05, 0.1) is 17.2 Å². The minimum atomic E-state index is -0.812. The molecule has 0 aliphatic carbocycles. The minimum Gasteiger partial charge on any atom is -0.489 e. The number of aliphatic imine (C=N–C) groups is 1. The molecule has 1 amide bonds. The van der Waals surface area contributed by atoms with Gasteiger partial charge in [-0.3, -0.25) is 9.79 Å². The quantitative estimate of drug-likeness (QED) is 0.648. The standard InChI is InChI=1S/C20H28N2O4S/c1-6-8-15(16-10-14(25-9-7-2)11-17(23)26-16)21-19(24)20(5)12-27-18(22-20)13(3)4/h7,10-11,13,15H,2,6,8-9,12H2,1,3-5H3,(H,21,24)/t15-,20?/m1/s1. The molecule has 0 aromatic carbocycles. The molecule has 0 spiro atoms. The zero-order valence-electron chi connectivity index (χ0n) is 16.4. The molecule has 0 fully saturated rings. The Morgan fingerprint density at radius 1 is 1.52 bits per heavy atom. The zero-order valence-corrected chi connectivity index (χ0v) is 17.2. The third-order valence-corrected chi connectivity index (χ3v) is 5.76. The second-order valence-corrected chi connectivity index (χ2v) is 8.09. The number of hydrogen-bond donors (Lipinski definition) is 1. The maximum atomic E-state index is 12.9. The largest absolute Gasteiger partial charge is 0.489 e. The fraction of sp³-hybridized carbons (Fsp3) is 0.550. The van der Waals surface area contributed by atoms with E-state index in [0.29, 0.717) is 29.6 Å². The molecule has 1 aliphatic rings. The van der Waals surface area contributed by atoms with Crippen molar-refractivity contribution in [2.24, 2.45) is 10.9 Å². The molecule has 0 radical (unpaired) electrons. The van der Waals surface area contributed by atoms with Crippen LogP contribution in [0.5, 0.6) is 5.75 Å². The average Bonchev–Trinajstić information content (AvgIpc) is 3.03. The van der Waals surface area contributed by atoms with Crippen LogP contribution in [0.3, 0.4) is 0 Å². The second-order valence-electron chi connectivity index (χ2n) is 7.10. The normalized spacial score (nSPS) is 20.3. The van der Waals surface area contributed by atoms with Crippen LogP contribution in [0, 0.1) is 5.92 Å². The van der Waals surface area contributed by atoms with Crippen molar-refractivity contribution < 1.29 is 13.9 Å². The van der Waals surface area contributed by atoms with E-state index in [2.05, 4.69) is 30.7 Å². The molecule has 0 saturated carbocycles. The van der Waals surface area contributed by atoms with Crippen LogP contribution in [0.25, 0.3) is 0 Å². The Morgan fingerprint density at radius 2 is 2.26 bits per heavy atom. The number of thioether (sulfide) groups is 1. The summed E-state index contributed by atoms with van der Waals surface area (Å²) in [5.74, 6) is 1.53. The van der Waals surface area contributed by atoms with Crippen molar-refractivity contribution in [1.29, 1.82) is 0 Å². The zero-order chi connectivity index (χ0) is 20.0. The van der Waals surface area contributed by atoms with E-state index in [1.54, 1.807) is 23.9 Å². The maximum Gasteiger partial charge on any atom is 0.339 e. The van der Waals surface area contributed by atoms with Crippen molar-refractivity contribution >= 4 is 22.7 Å². The van der Waals surface area contributed by atoms with Gasteiger partial charge in [-0.15, -0.1) is 11.8 Å². The third kappa shape index (κ3) is 5.48. The van der Waals surface area contributed by atoms with E-state index in [-0.39, 0.29) is 12.5 Å². The highest BCUT2D eigenvalue weighted by Gasteiger charge is 2.39. The number of nitrogens with one attached hydrogen (secondary N) is 1. The lowest BCUT2D eigenvalue weighted by Crippen LogP contribution is -2.45. The predicted octanol–water partition coefficient (Wildman–Crippen LogP) is 3.72. The lowest BCUT2D eigenvalue weighted by molar-refractivity contribution is -0.125. The molecule has 1 aliphatic heterocycles. The van der Waals surface area contributed by atoms with Crippen LogP contribution < -0.4 is 15.7 Å². The van der Waals surface area contributed by atoms with E-state index < -0.39 is 17.2 Å². The molecule has 1 unspecified atom stereocenters. The predicted molar refractivity (Wildman–Crippen MR) is 110 cm³/mol. The number of carbonyl (C=O) groups excluding carboxylic acids is 1. The molecule has 27 heavy (non-hydrogen) atoms. The van der Waals surface area contributed by atoms with E-state index >= 15 is 0 Å². The molecule has 0 bridgehead atoms. The molecule has 1 aromatic rings. The number of hydrogen-bond acceptors (Lipinski definition) is 6. The summed E-state index contributed by atoms with van der Waals surface area (Å²) in [6, 6.07) is 2.52. The smallest absolute Gasteiger partial charge is 0.339 e. The van der Waals surface area contributed by atoms with Gasteiger partial charge in [0.15, 0.2) is 0 Å². The van der Waals surface area contributed by atoms with Gasteiger partial charge in [0.1, 0.15) is 23.7 Å². The highest BCUT2D eigenvalue weighted by atomic mass is 32.2. The van der Waals surface area contributed by atoms with Crippen LogP contribution in [0.1, 0.15) is 52.3 Å². The van der Waals surface area contributed by atoms with E-state index in [1.807, 2.05) is 13.8 Å². The van der Waals surface area contributed by atoms with Crippen LogP contribution in [0.2, 0.25) is 0 Å². The van der Waals surface area contributed by atoms with Gasteiger partial charge in [-0.25, -0.2) is 4.79 Å². The summed E-state index contributed by atoms with van der Waals surface area (Å²) in [6.45, 7) is 11.9. The maximum absolute atomic E-state index is 12.9. The van der Waals surface area contributed by atoms with E-state index in [4.69, 9.17) is 9.15 Å². The van der Waals surface area contributed by atoms with Crippen LogP contribution in [0.15, 0.2) is 39.0 Å². The van der Waals surface area contributed by atoms with Gasteiger partial charge in [0.2, 0.25) is 5.91 Å². The lowest BCUT2D eigenvalue weighted by atomic mass is 10.0. The topological polar surface area (TPSA) is 80.9 Å². The lowest BCUT2D eigenvalue weighted by Gasteiger charge is -2.24. The molecule has 7 heteroatoms. The summed E-state index contributed by atoms with van der Waals surface area (Å²) >= 11 is 1.62. The summed E-state index contributed by atoms with van der Waals surface area (Å²) in [7, 11) is 0. The second kappa shape index (κ2) is 9.26. The van der Waals surface area contributed by atoms with E-state index in [9.17, 15) is 9.59 Å². The minimum absolute atomic E-state index is 0.163. The van der Waals surface area contributed by atoms with Crippen molar-refractivity contribution in [3.8, 4) is 5.75 Å². The summed E-state index contributed by atoms with van der Waals surface area (Å²) in [4.78, 5) is 29.5. The van der Waals surface area contributed by atoms with Crippen molar-refractivity contribution in [2.45, 2.75) is 52.1 Å². The number of carbonyl (C=O) groups is 1. The molecule has 6 nitrogen and oxygen atoms in total. The molecule has 2 rings (SSSR count). The van der Waals surface area contributed by atoms with Crippen LogP contribution in [-0.2, 0) is 4.79 Å². The third-order valence-electron chi connectivity index (χ3n) is 4.20. The summed E-state index contributed by atoms with van der Waals surface area (Å²) in [5, 5.41) is 4.01. The number of ether oxygens (including phenoxy) is 1. The molecular weight excluding hydrogens is 364 g/mol. The van der Waals surface area contributed by atoms with Gasteiger partial charge < -0.3 is 14.5 Å². The fourth-order valence-electron chi connectivity index (χ4n) is 2.71. The van der Waals surface area contributed by atoms with Gasteiger partial charge in [-0.05, 0) is 13.3 Å². The van der Waals surface area contributed by atoms with E-state index in [0.717, 1.165) is 11.5 Å². The number of nitrogens with zero attached hydrogens (tertiary/aromatic N) is 1. The number of rotatable bonds is 9.